The highest BCUT2D eigenvalue weighted by molar-refractivity contribution is 9.10. The van der Waals surface area contributed by atoms with Gasteiger partial charge < -0.3 is 9.73 Å². The van der Waals surface area contributed by atoms with Gasteiger partial charge in [-0.15, -0.1) is 0 Å². The van der Waals surface area contributed by atoms with E-state index in [4.69, 9.17) is 4.42 Å². The first-order chi connectivity index (χ1) is 5.72. The normalized spacial score (nSPS) is 13.9. The van der Waals surface area contributed by atoms with Crippen LogP contribution in [0.25, 0.3) is 6.08 Å². The summed E-state index contributed by atoms with van der Waals surface area (Å²) in [6, 6.07) is 4.17. The van der Waals surface area contributed by atoms with Crippen LogP contribution in [-0.2, 0) is 0 Å². The Hall–Kier alpha value is -0.540. The summed E-state index contributed by atoms with van der Waals surface area (Å²) in [5.41, 5.74) is 0. The highest BCUT2D eigenvalue weighted by Crippen LogP contribution is 2.15. The van der Waals surface area contributed by atoms with Crippen molar-refractivity contribution in [1.29, 1.82) is 0 Å². The first kappa shape index (κ1) is 9.55. The quantitative estimate of drug-likeness (QED) is 0.863. The van der Waals surface area contributed by atoms with Crippen molar-refractivity contribution in [2.24, 2.45) is 0 Å². The molecule has 1 unspecified atom stereocenters. The molecule has 66 valence electrons. The van der Waals surface area contributed by atoms with Gasteiger partial charge in [0.1, 0.15) is 5.76 Å². The van der Waals surface area contributed by atoms with Crippen LogP contribution in [0.2, 0.25) is 0 Å². The second kappa shape index (κ2) is 4.48. The molecule has 0 spiro atoms. The molecular formula is C9H12BrNO. The maximum atomic E-state index is 5.28. The molecule has 0 aromatic carbocycles. The van der Waals surface area contributed by atoms with E-state index < -0.39 is 0 Å². The Morgan fingerprint density at radius 2 is 2.33 bits per heavy atom. The molecule has 1 rings (SSSR count). The van der Waals surface area contributed by atoms with E-state index in [1.165, 1.54) is 0 Å². The second-order valence-electron chi connectivity index (χ2n) is 2.58. The number of rotatable bonds is 3. The van der Waals surface area contributed by atoms with Crippen LogP contribution in [0, 0.1) is 0 Å². The molecule has 1 aromatic rings. The maximum absolute atomic E-state index is 5.28. The third-order valence-electron chi connectivity index (χ3n) is 1.60. The lowest BCUT2D eigenvalue weighted by Crippen LogP contribution is -2.17. The molecule has 0 fully saturated rings. The molecule has 0 amide bonds. The number of halogens is 1. The van der Waals surface area contributed by atoms with Crippen LogP contribution in [0.5, 0.6) is 0 Å². The Bertz CT molecular complexity index is 267. The van der Waals surface area contributed by atoms with Gasteiger partial charge in [0.2, 0.25) is 0 Å². The fraction of sp³-hybridized carbons (Fsp3) is 0.333. The van der Waals surface area contributed by atoms with Gasteiger partial charge in [0.15, 0.2) is 4.67 Å². The number of hydrogen-bond acceptors (Lipinski definition) is 2. The molecule has 0 aliphatic rings. The average Bonchev–Trinajstić information content (AvgIpc) is 2.47. The summed E-state index contributed by atoms with van der Waals surface area (Å²) in [5, 5.41) is 3.10. The summed E-state index contributed by atoms with van der Waals surface area (Å²) < 4.78 is 6.04. The average molecular weight is 230 g/mol. The van der Waals surface area contributed by atoms with Gasteiger partial charge in [-0.1, -0.05) is 6.08 Å². The Kier molecular flexibility index (Phi) is 3.56. The third kappa shape index (κ3) is 2.83. The van der Waals surface area contributed by atoms with Crippen LogP contribution >= 0.6 is 15.9 Å². The van der Waals surface area contributed by atoms with E-state index >= 15 is 0 Å². The van der Waals surface area contributed by atoms with Crippen LogP contribution in [-0.4, -0.2) is 13.1 Å². The molecule has 1 atom stereocenters. The monoisotopic (exact) mass is 229 g/mol. The summed E-state index contributed by atoms with van der Waals surface area (Å²) in [4.78, 5) is 0. The van der Waals surface area contributed by atoms with Gasteiger partial charge in [0.25, 0.3) is 0 Å². The lowest BCUT2D eigenvalue weighted by Gasteiger charge is -2.00. The van der Waals surface area contributed by atoms with Crippen molar-refractivity contribution in [3.05, 3.63) is 28.6 Å². The Morgan fingerprint density at radius 1 is 1.58 bits per heavy atom. The lowest BCUT2D eigenvalue weighted by molar-refractivity contribution is 0.531. The first-order valence-electron chi connectivity index (χ1n) is 3.83. The first-order valence-corrected chi connectivity index (χ1v) is 4.62. The van der Waals surface area contributed by atoms with Crippen molar-refractivity contribution in [2.45, 2.75) is 13.0 Å². The lowest BCUT2D eigenvalue weighted by atomic mass is 10.3. The van der Waals surface area contributed by atoms with E-state index in [0.717, 1.165) is 10.4 Å². The minimum absolute atomic E-state index is 0.369. The van der Waals surface area contributed by atoms with Crippen molar-refractivity contribution >= 4 is 22.0 Å². The molecule has 0 saturated carbocycles. The molecule has 0 aliphatic carbocycles. The highest BCUT2D eigenvalue weighted by Gasteiger charge is 1.94. The molecule has 0 aliphatic heterocycles. The molecule has 1 aromatic heterocycles. The molecule has 3 heteroatoms. The fourth-order valence-electron chi connectivity index (χ4n) is 0.753. The second-order valence-corrected chi connectivity index (χ2v) is 3.36. The van der Waals surface area contributed by atoms with Gasteiger partial charge in [-0.25, -0.2) is 0 Å². The molecule has 0 bridgehead atoms. The van der Waals surface area contributed by atoms with Gasteiger partial charge in [0, 0.05) is 6.04 Å². The summed E-state index contributed by atoms with van der Waals surface area (Å²) in [6.07, 6.45) is 4.00. The number of furan rings is 1. The van der Waals surface area contributed by atoms with Crippen LogP contribution in [0.3, 0.4) is 0 Å². The van der Waals surface area contributed by atoms with Crippen LogP contribution in [0.4, 0.5) is 0 Å². The zero-order valence-corrected chi connectivity index (χ0v) is 8.76. The van der Waals surface area contributed by atoms with Crippen LogP contribution in [0.15, 0.2) is 27.3 Å². The van der Waals surface area contributed by atoms with Gasteiger partial charge in [-0.2, -0.15) is 0 Å². The van der Waals surface area contributed by atoms with Crippen molar-refractivity contribution in [3.63, 3.8) is 0 Å². The minimum Gasteiger partial charge on any atom is -0.450 e. The number of likely N-dealkylation sites (N-methyl/N-ethyl adjacent to an activating group) is 1. The predicted molar refractivity (Wildman–Crippen MR) is 54.0 cm³/mol. The summed E-state index contributed by atoms with van der Waals surface area (Å²) in [5.74, 6) is 0.865. The van der Waals surface area contributed by atoms with Crippen molar-refractivity contribution in [3.8, 4) is 0 Å². The SMILES string of the molecule is CNC(C)/C=C/c1ccc(Br)o1. The van der Waals surface area contributed by atoms with Crippen LogP contribution in [0.1, 0.15) is 12.7 Å². The van der Waals surface area contributed by atoms with Crippen LogP contribution < -0.4 is 5.32 Å². The Morgan fingerprint density at radius 3 is 2.83 bits per heavy atom. The van der Waals surface area contributed by atoms with E-state index in [1.807, 2.05) is 31.3 Å². The minimum atomic E-state index is 0.369. The largest absolute Gasteiger partial charge is 0.450 e. The van der Waals surface area contributed by atoms with Gasteiger partial charge in [0.05, 0.1) is 0 Å². The van der Waals surface area contributed by atoms with Gasteiger partial charge in [-0.05, 0) is 48.1 Å². The van der Waals surface area contributed by atoms with Crippen molar-refractivity contribution in [2.75, 3.05) is 7.05 Å². The Balaban J connectivity index is 2.57. The van der Waals surface area contributed by atoms with E-state index in [0.29, 0.717) is 6.04 Å². The van der Waals surface area contributed by atoms with Crippen molar-refractivity contribution in [1.82, 2.24) is 5.32 Å². The highest BCUT2D eigenvalue weighted by atomic mass is 79.9. The molecule has 1 N–H and O–H groups in total. The zero-order valence-electron chi connectivity index (χ0n) is 7.17. The molecule has 0 saturated heterocycles. The predicted octanol–water partition coefficient (Wildman–Crippen LogP) is 2.66. The van der Waals surface area contributed by atoms with Gasteiger partial charge in [-0.3, -0.25) is 0 Å². The molecule has 0 radical (unpaired) electrons. The topological polar surface area (TPSA) is 25.2 Å². The molecule has 2 nitrogen and oxygen atoms in total. The third-order valence-corrected chi connectivity index (χ3v) is 2.02. The standard InChI is InChI=1S/C9H12BrNO/c1-7(11-2)3-4-8-5-6-9(10)12-8/h3-7,11H,1-2H3/b4-3+. The fourth-order valence-corrected chi connectivity index (χ4v) is 1.07. The maximum Gasteiger partial charge on any atom is 0.169 e. The molecular weight excluding hydrogens is 218 g/mol. The summed E-state index contributed by atoms with van der Waals surface area (Å²) >= 11 is 3.24. The smallest absolute Gasteiger partial charge is 0.169 e. The number of nitrogens with one attached hydrogen (secondary N) is 1. The van der Waals surface area contributed by atoms with E-state index in [-0.39, 0.29) is 0 Å². The van der Waals surface area contributed by atoms with E-state index in [2.05, 4.69) is 28.2 Å². The number of hydrogen-bond donors (Lipinski definition) is 1. The van der Waals surface area contributed by atoms with E-state index in [1.54, 1.807) is 0 Å². The van der Waals surface area contributed by atoms with E-state index in [9.17, 15) is 0 Å². The molecule has 1 heterocycles. The van der Waals surface area contributed by atoms with Crippen molar-refractivity contribution < 1.29 is 4.42 Å². The van der Waals surface area contributed by atoms with Gasteiger partial charge >= 0.3 is 0 Å². The summed E-state index contributed by atoms with van der Waals surface area (Å²) in [7, 11) is 1.92. The Labute approximate surface area is 80.8 Å². The zero-order chi connectivity index (χ0) is 8.97. The molecule has 12 heavy (non-hydrogen) atoms. The summed E-state index contributed by atoms with van der Waals surface area (Å²) in [6.45, 7) is 2.08.